The van der Waals surface area contributed by atoms with E-state index >= 15 is 0 Å². The highest BCUT2D eigenvalue weighted by Gasteiger charge is 2.55. The van der Waals surface area contributed by atoms with Crippen molar-refractivity contribution in [2.45, 2.75) is 32.9 Å². The Morgan fingerprint density at radius 1 is 1.29 bits per heavy atom. The first kappa shape index (κ1) is 21.2. The van der Waals surface area contributed by atoms with Crippen molar-refractivity contribution in [3.8, 4) is 0 Å². The van der Waals surface area contributed by atoms with Crippen molar-refractivity contribution in [2.24, 2.45) is 0 Å². The molecule has 1 rings (SSSR count). The third kappa shape index (κ3) is 5.09. The Morgan fingerprint density at radius 3 is 2.33 bits per heavy atom. The fraction of sp³-hybridized carbons (Fsp3) is 0.533. The molecule has 0 heterocycles. The van der Waals surface area contributed by atoms with E-state index < -0.39 is 18.8 Å². The molecule has 9 heteroatoms. The number of benzene rings is 1. The molecule has 0 saturated heterocycles. The van der Waals surface area contributed by atoms with E-state index in [1.165, 1.54) is 39.0 Å². The average Bonchev–Trinajstić information content (AvgIpc) is 2.47. The van der Waals surface area contributed by atoms with Gasteiger partial charge >= 0.3 is 13.3 Å². The smallest absolute Gasteiger partial charge is 0.356 e. The van der Waals surface area contributed by atoms with Gasteiger partial charge in [-0.25, -0.2) is 0 Å². The maximum absolute atomic E-state index is 14.7. The Morgan fingerprint density at radius 2 is 1.88 bits per heavy atom. The van der Waals surface area contributed by atoms with E-state index in [2.05, 4.69) is 21.2 Å². The van der Waals surface area contributed by atoms with E-state index in [0.29, 0.717) is 13.0 Å². The number of hydrogen-bond donors (Lipinski definition) is 1. The molecule has 0 spiro atoms. The van der Waals surface area contributed by atoms with Crippen LogP contribution in [-0.2, 0) is 30.5 Å². The van der Waals surface area contributed by atoms with Crippen molar-refractivity contribution in [3.05, 3.63) is 33.8 Å². The predicted octanol–water partition coefficient (Wildman–Crippen LogP) is 4.44. The van der Waals surface area contributed by atoms with Crippen LogP contribution in [0.5, 0.6) is 0 Å². The monoisotopic (exact) mass is 427 g/mol. The van der Waals surface area contributed by atoms with Gasteiger partial charge in [-0.1, -0.05) is 28.1 Å². The average molecular weight is 428 g/mol. The molecule has 1 N–H and O–H groups in total. The van der Waals surface area contributed by atoms with Crippen LogP contribution in [0.4, 0.5) is 8.78 Å². The third-order valence-electron chi connectivity index (χ3n) is 3.09. The van der Waals surface area contributed by atoms with Crippen molar-refractivity contribution in [3.63, 3.8) is 0 Å². The summed E-state index contributed by atoms with van der Waals surface area (Å²) in [6, 6.07) is 4.20. The second-order valence-corrected chi connectivity index (χ2v) is 7.85. The van der Waals surface area contributed by atoms with Crippen LogP contribution in [0.3, 0.4) is 0 Å². The Hall–Kier alpha value is -0.820. The number of amides is 1. The largest absolute Gasteiger partial charge is 0.404 e. The molecule has 0 saturated carbocycles. The van der Waals surface area contributed by atoms with Gasteiger partial charge in [0.1, 0.15) is 0 Å². The number of halogens is 3. The topological polar surface area (TPSA) is 64.6 Å². The van der Waals surface area contributed by atoms with Crippen LogP contribution < -0.4 is 5.32 Å². The van der Waals surface area contributed by atoms with Gasteiger partial charge in [0.25, 0.3) is 0 Å². The van der Waals surface area contributed by atoms with E-state index in [9.17, 15) is 18.1 Å². The summed E-state index contributed by atoms with van der Waals surface area (Å²) in [5.41, 5.74) is -3.50. The molecule has 0 aliphatic rings. The Bertz CT molecular complexity index is 617. The zero-order valence-electron chi connectivity index (χ0n) is 13.8. The Balaban J connectivity index is 3.07. The van der Waals surface area contributed by atoms with E-state index in [1.807, 2.05) is 0 Å². The molecule has 0 fully saturated rings. The van der Waals surface area contributed by atoms with Gasteiger partial charge in [-0.05, 0) is 31.9 Å². The van der Waals surface area contributed by atoms with Crippen molar-refractivity contribution in [1.82, 2.24) is 5.32 Å². The first-order valence-electron chi connectivity index (χ1n) is 7.48. The first-order chi connectivity index (χ1) is 11.2. The van der Waals surface area contributed by atoms with Gasteiger partial charge in [0.2, 0.25) is 5.91 Å². The van der Waals surface area contributed by atoms with Gasteiger partial charge in [0.05, 0.1) is 13.2 Å². The van der Waals surface area contributed by atoms with E-state index in [4.69, 9.17) is 9.05 Å². The number of carbonyl (C=O) groups excluding carboxylic acids is 1. The molecule has 0 aliphatic carbocycles. The maximum Gasteiger partial charge on any atom is 0.404 e. The van der Waals surface area contributed by atoms with Gasteiger partial charge in [-0.15, -0.1) is 0 Å². The van der Waals surface area contributed by atoms with Crippen molar-refractivity contribution < 1.29 is 27.2 Å². The molecule has 136 valence electrons. The van der Waals surface area contributed by atoms with E-state index in [0.717, 1.165) is 5.56 Å². The molecule has 24 heavy (non-hydrogen) atoms. The number of nitrogens with one attached hydrogen (secondary N) is 1. The van der Waals surface area contributed by atoms with Gasteiger partial charge in [-0.3, -0.25) is 9.36 Å². The van der Waals surface area contributed by atoms with Gasteiger partial charge in [-0.2, -0.15) is 8.78 Å². The minimum Gasteiger partial charge on any atom is -0.356 e. The molecule has 1 amide bonds. The Kier molecular flexibility index (Phi) is 7.99. The molecule has 5 nitrogen and oxygen atoms in total. The molecule has 0 radical (unpaired) electrons. The first-order valence-corrected chi connectivity index (χ1v) is 9.81. The van der Waals surface area contributed by atoms with Crippen molar-refractivity contribution in [2.75, 3.05) is 19.8 Å². The minimum absolute atomic E-state index is 0.104. The number of alkyl halides is 2. The van der Waals surface area contributed by atoms with Crippen LogP contribution in [0, 0.1) is 0 Å². The van der Waals surface area contributed by atoms with Gasteiger partial charge in [0.15, 0.2) is 0 Å². The van der Waals surface area contributed by atoms with Crippen LogP contribution in [0.1, 0.15) is 31.9 Å². The fourth-order valence-electron chi connectivity index (χ4n) is 2.03. The number of carbonyl (C=O) groups is 1. The fourth-order valence-corrected chi connectivity index (χ4v) is 4.42. The highest BCUT2D eigenvalue weighted by molar-refractivity contribution is 9.10. The molecule has 0 atom stereocenters. The molecular formula is C15H21BrF2NO4P. The highest BCUT2D eigenvalue weighted by atomic mass is 79.9. The van der Waals surface area contributed by atoms with Crippen molar-refractivity contribution in [1.29, 1.82) is 0 Å². The summed E-state index contributed by atoms with van der Waals surface area (Å²) in [7, 11) is -4.64. The van der Waals surface area contributed by atoms with Crippen LogP contribution >= 0.6 is 23.5 Å². The molecule has 1 aromatic rings. The van der Waals surface area contributed by atoms with Crippen LogP contribution in [-0.4, -0.2) is 25.7 Å². The van der Waals surface area contributed by atoms with E-state index in [1.54, 1.807) is 0 Å². The lowest BCUT2D eigenvalue weighted by Crippen LogP contribution is -2.22. The lowest BCUT2D eigenvalue weighted by molar-refractivity contribution is -0.118. The predicted molar refractivity (Wildman–Crippen MR) is 91.3 cm³/mol. The lowest BCUT2D eigenvalue weighted by atomic mass is 10.1. The Labute approximate surface area is 148 Å². The van der Waals surface area contributed by atoms with Crippen molar-refractivity contribution >= 4 is 29.4 Å². The number of rotatable bonds is 9. The normalized spacial score (nSPS) is 12.2. The highest BCUT2D eigenvalue weighted by Crippen LogP contribution is 2.67. The lowest BCUT2D eigenvalue weighted by Gasteiger charge is -2.26. The quantitative estimate of drug-likeness (QED) is 0.591. The standard InChI is InChI=1S/C15H21BrF2NO4P/c1-4-22-24(21,23-5-2)15(17,18)13-7-6-12(10-14(13)16)8-9-19-11(3)20/h6-7,10H,4-5,8-9H2,1-3H3,(H,19,20). The summed E-state index contributed by atoms with van der Waals surface area (Å²) in [4.78, 5) is 10.8. The van der Waals surface area contributed by atoms with E-state index in [-0.39, 0.29) is 23.6 Å². The zero-order valence-corrected chi connectivity index (χ0v) is 16.3. The summed E-state index contributed by atoms with van der Waals surface area (Å²) in [6.07, 6.45) is 0.485. The summed E-state index contributed by atoms with van der Waals surface area (Å²) in [5.74, 6) is -0.161. The SMILES string of the molecule is CCOP(=O)(OCC)C(F)(F)c1ccc(CCNC(C)=O)cc1Br. The summed E-state index contributed by atoms with van der Waals surface area (Å²) in [6.45, 7) is 4.44. The van der Waals surface area contributed by atoms with Crippen LogP contribution in [0.25, 0.3) is 0 Å². The molecule has 0 unspecified atom stereocenters. The number of hydrogen-bond acceptors (Lipinski definition) is 4. The molecular weight excluding hydrogens is 407 g/mol. The summed E-state index contributed by atoms with van der Waals surface area (Å²) in [5, 5.41) is 2.63. The zero-order chi connectivity index (χ0) is 18.4. The molecule has 0 aromatic heterocycles. The van der Waals surface area contributed by atoms with Gasteiger partial charge < -0.3 is 14.4 Å². The molecule has 0 aliphatic heterocycles. The molecule has 0 bridgehead atoms. The summed E-state index contributed by atoms with van der Waals surface area (Å²) >= 11 is 3.10. The second kappa shape index (κ2) is 9.04. The second-order valence-electron chi connectivity index (χ2n) is 4.92. The third-order valence-corrected chi connectivity index (χ3v) is 5.87. The van der Waals surface area contributed by atoms with Crippen LogP contribution in [0.2, 0.25) is 0 Å². The van der Waals surface area contributed by atoms with Crippen LogP contribution in [0.15, 0.2) is 22.7 Å². The van der Waals surface area contributed by atoms with Gasteiger partial charge in [0, 0.05) is 23.5 Å². The maximum atomic E-state index is 14.7. The molecule has 1 aromatic carbocycles. The summed E-state index contributed by atoms with van der Waals surface area (Å²) < 4.78 is 51.6. The minimum atomic E-state index is -4.64.